The second-order valence-electron chi connectivity index (χ2n) is 3.29. The van der Waals surface area contributed by atoms with Crippen molar-refractivity contribution in [2.75, 3.05) is 7.11 Å². The van der Waals surface area contributed by atoms with Crippen molar-refractivity contribution in [1.29, 1.82) is 0 Å². The molecule has 0 bridgehead atoms. The first-order valence-electron chi connectivity index (χ1n) is 4.85. The highest BCUT2D eigenvalue weighted by Crippen LogP contribution is 2.12. The Morgan fingerprint density at radius 1 is 1.31 bits per heavy atom. The quantitative estimate of drug-likeness (QED) is 0.480. The van der Waals surface area contributed by atoms with Gasteiger partial charge >= 0.3 is 0 Å². The van der Waals surface area contributed by atoms with Crippen molar-refractivity contribution < 1.29 is 14.6 Å². The number of aliphatic hydroxyl groups excluding tert-OH is 1. The Kier molecular flexibility index (Phi) is 4.33. The lowest BCUT2D eigenvalue weighted by molar-refractivity contribution is -0.112. The molecule has 3 nitrogen and oxygen atoms in total. The molecule has 0 aliphatic heterocycles. The minimum atomic E-state index is -0.183. The van der Waals surface area contributed by atoms with Crippen LogP contribution in [0.5, 0.6) is 5.75 Å². The van der Waals surface area contributed by atoms with E-state index in [1.165, 1.54) is 19.1 Å². The lowest BCUT2D eigenvalue weighted by Crippen LogP contribution is -1.85. The van der Waals surface area contributed by atoms with Crippen LogP contribution in [0.4, 0.5) is 0 Å². The summed E-state index contributed by atoms with van der Waals surface area (Å²) in [6.45, 7) is 1.39. The van der Waals surface area contributed by atoms with Gasteiger partial charge in [-0.25, -0.2) is 0 Å². The summed E-state index contributed by atoms with van der Waals surface area (Å²) in [5.74, 6) is 0.542. The Bertz CT molecular complexity index is 413. The predicted octanol–water partition coefficient (Wildman–Crippen LogP) is 2.74. The van der Waals surface area contributed by atoms with E-state index in [0.717, 1.165) is 11.3 Å². The van der Waals surface area contributed by atoms with Gasteiger partial charge in [0.1, 0.15) is 11.5 Å². The number of ether oxygens (including phenoxy) is 1. The molecule has 1 aromatic rings. The van der Waals surface area contributed by atoms with E-state index in [0.29, 0.717) is 0 Å². The summed E-state index contributed by atoms with van der Waals surface area (Å²) in [4.78, 5) is 10.7. The molecule has 0 radical (unpaired) electrons. The number of methoxy groups -OCH3 is 1. The number of rotatable bonds is 4. The standard InChI is InChI=1S/C13H14O3/c1-10(14)9-12(15)6-3-11-4-7-13(16-2)8-5-11/h3-9,15H,1-2H3/b6-3+,12-9+. The van der Waals surface area contributed by atoms with Crippen LogP contribution in [0, 0.1) is 0 Å². The molecule has 0 amide bonds. The summed E-state index contributed by atoms with van der Waals surface area (Å²) in [6.07, 6.45) is 4.36. The van der Waals surface area contributed by atoms with Gasteiger partial charge in [-0.1, -0.05) is 18.2 Å². The molecule has 0 saturated heterocycles. The molecule has 0 aliphatic rings. The first-order chi connectivity index (χ1) is 7.61. The Morgan fingerprint density at radius 3 is 2.44 bits per heavy atom. The molecule has 0 saturated carbocycles. The summed E-state index contributed by atoms with van der Waals surface area (Å²) in [6, 6.07) is 7.36. The first-order valence-corrected chi connectivity index (χ1v) is 4.85. The smallest absolute Gasteiger partial charge is 0.156 e. The molecule has 0 unspecified atom stereocenters. The van der Waals surface area contributed by atoms with E-state index < -0.39 is 0 Å². The largest absolute Gasteiger partial charge is 0.508 e. The highest BCUT2D eigenvalue weighted by atomic mass is 16.5. The lowest BCUT2D eigenvalue weighted by Gasteiger charge is -1.98. The van der Waals surface area contributed by atoms with Gasteiger partial charge in [0.15, 0.2) is 5.78 Å². The first kappa shape index (κ1) is 12.0. The zero-order valence-corrected chi connectivity index (χ0v) is 9.31. The number of benzene rings is 1. The molecule has 1 rings (SSSR count). The second kappa shape index (κ2) is 5.75. The summed E-state index contributed by atoms with van der Waals surface area (Å²) >= 11 is 0. The normalized spacial score (nSPS) is 11.8. The Hall–Kier alpha value is -2.03. The molecule has 16 heavy (non-hydrogen) atoms. The van der Waals surface area contributed by atoms with Crippen LogP contribution in [0.1, 0.15) is 12.5 Å². The molecule has 0 heterocycles. The molecule has 0 atom stereocenters. The fourth-order valence-electron chi connectivity index (χ4n) is 1.15. The Balaban J connectivity index is 2.72. The van der Waals surface area contributed by atoms with E-state index in [1.54, 1.807) is 13.2 Å². The zero-order chi connectivity index (χ0) is 12.0. The fraction of sp³-hybridized carbons (Fsp3) is 0.154. The molecule has 0 aromatic heterocycles. The van der Waals surface area contributed by atoms with Crippen molar-refractivity contribution in [1.82, 2.24) is 0 Å². The Morgan fingerprint density at radius 2 is 1.94 bits per heavy atom. The second-order valence-corrected chi connectivity index (χ2v) is 3.29. The third kappa shape index (κ3) is 4.00. The van der Waals surface area contributed by atoms with Crippen LogP contribution in [0.25, 0.3) is 6.08 Å². The van der Waals surface area contributed by atoms with Gasteiger partial charge in [0.05, 0.1) is 7.11 Å². The number of allylic oxidation sites excluding steroid dienone is 2. The van der Waals surface area contributed by atoms with Crippen LogP contribution in [-0.2, 0) is 4.79 Å². The zero-order valence-electron chi connectivity index (χ0n) is 9.31. The molecule has 1 N–H and O–H groups in total. The highest BCUT2D eigenvalue weighted by molar-refractivity contribution is 5.88. The van der Waals surface area contributed by atoms with E-state index >= 15 is 0 Å². The number of carbonyl (C=O) groups excluding carboxylic acids is 1. The van der Waals surface area contributed by atoms with Crippen LogP contribution >= 0.6 is 0 Å². The van der Waals surface area contributed by atoms with Crippen LogP contribution in [0.3, 0.4) is 0 Å². The van der Waals surface area contributed by atoms with E-state index in [-0.39, 0.29) is 11.5 Å². The highest BCUT2D eigenvalue weighted by Gasteiger charge is 1.92. The van der Waals surface area contributed by atoms with Crippen molar-refractivity contribution in [2.45, 2.75) is 6.92 Å². The van der Waals surface area contributed by atoms with Gasteiger partial charge in [-0.3, -0.25) is 4.79 Å². The molecule has 0 aliphatic carbocycles. The summed E-state index contributed by atoms with van der Waals surface area (Å²) < 4.78 is 5.02. The van der Waals surface area contributed by atoms with E-state index in [1.807, 2.05) is 24.3 Å². The van der Waals surface area contributed by atoms with Gasteiger partial charge in [0.25, 0.3) is 0 Å². The molecule has 1 aromatic carbocycles. The molecular weight excluding hydrogens is 204 g/mol. The number of ketones is 1. The topological polar surface area (TPSA) is 46.5 Å². The van der Waals surface area contributed by atoms with Crippen molar-refractivity contribution in [3.63, 3.8) is 0 Å². The summed E-state index contributed by atoms with van der Waals surface area (Å²) in [7, 11) is 1.60. The number of carbonyl (C=O) groups is 1. The lowest BCUT2D eigenvalue weighted by atomic mass is 10.2. The van der Waals surface area contributed by atoms with Crippen molar-refractivity contribution in [3.05, 3.63) is 47.7 Å². The van der Waals surface area contributed by atoms with Crippen LogP contribution < -0.4 is 4.74 Å². The third-order valence-electron chi connectivity index (χ3n) is 1.91. The van der Waals surface area contributed by atoms with Gasteiger partial charge in [-0.15, -0.1) is 0 Å². The molecule has 3 heteroatoms. The van der Waals surface area contributed by atoms with Crippen LogP contribution in [-0.4, -0.2) is 18.0 Å². The predicted molar refractivity (Wildman–Crippen MR) is 63.4 cm³/mol. The van der Waals surface area contributed by atoms with Crippen molar-refractivity contribution in [2.24, 2.45) is 0 Å². The minimum absolute atomic E-state index is 0.0525. The minimum Gasteiger partial charge on any atom is -0.508 e. The molecular formula is C13H14O3. The van der Waals surface area contributed by atoms with Crippen molar-refractivity contribution >= 4 is 11.9 Å². The third-order valence-corrected chi connectivity index (χ3v) is 1.91. The van der Waals surface area contributed by atoms with E-state index in [4.69, 9.17) is 4.74 Å². The average molecular weight is 218 g/mol. The fourth-order valence-corrected chi connectivity index (χ4v) is 1.15. The molecule has 0 spiro atoms. The SMILES string of the molecule is COc1ccc(/C=C/C(O)=C\C(C)=O)cc1. The van der Waals surface area contributed by atoms with Crippen molar-refractivity contribution in [3.8, 4) is 5.75 Å². The Labute approximate surface area is 94.7 Å². The molecule has 0 fully saturated rings. The maximum atomic E-state index is 10.7. The maximum Gasteiger partial charge on any atom is 0.156 e. The van der Waals surface area contributed by atoms with Crippen LogP contribution in [0.2, 0.25) is 0 Å². The number of hydrogen-bond donors (Lipinski definition) is 1. The number of aliphatic hydroxyl groups is 1. The van der Waals surface area contributed by atoms with Gasteiger partial charge in [-0.05, 0) is 30.7 Å². The molecule has 84 valence electrons. The van der Waals surface area contributed by atoms with Crippen LogP contribution in [0.15, 0.2) is 42.2 Å². The van der Waals surface area contributed by atoms with Gasteiger partial charge in [0.2, 0.25) is 0 Å². The van der Waals surface area contributed by atoms with Gasteiger partial charge in [0, 0.05) is 6.08 Å². The van der Waals surface area contributed by atoms with E-state index in [2.05, 4.69) is 0 Å². The number of hydrogen-bond acceptors (Lipinski definition) is 3. The summed E-state index contributed by atoms with van der Waals surface area (Å²) in [5.41, 5.74) is 0.921. The average Bonchev–Trinajstić information content (AvgIpc) is 2.26. The van der Waals surface area contributed by atoms with Gasteiger partial charge in [-0.2, -0.15) is 0 Å². The van der Waals surface area contributed by atoms with E-state index in [9.17, 15) is 9.90 Å². The monoisotopic (exact) mass is 218 g/mol. The van der Waals surface area contributed by atoms with Gasteiger partial charge < -0.3 is 9.84 Å². The summed E-state index contributed by atoms with van der Waals surface area (Å²) in [5, 5.41) is 9.31. The maximum absolute atomic E-state index is 10.7.